The van der Waals surface area contributed by atoms with Gasteiger partial charge in [-0.3, -0.25) is 10.1 Å². The number of phenolic OH excluding ortho intramolecular Hbond substituents is 1. The fraction of sp³-hybridized carbons (Fsp3) is 0.250. The molecule has 0 aliphatic rings. The van der Waals surface area contributed by atoms with Gasteiger partial charge in [-0.2, -0.15) is 0 Å². The molecule has 0 amide bonds. The summed E-state index contributed by atoms with van der Waals surface area (Å²) in [6.07, 6.45) is 0.905. The van der Waals surface area contributed by atoms with Gasteiger partial charge in [-0.25, -0.2) is 0 Å². The highest BCUT2D eigenvalue weighted by Crippen LogP contribution is 2.45. The van der Waals surface area contributed by atoms with E-state index in [1.54, 1.807) is 12.1 Å². The zero-order valence-electron chi connectivity index (χ0n) is 22.5. The molecule has 38 heavy (non-hydrogen) atoms. The van der Waals surface area contributed by atoms with Gasteiger partial charge in [-0.1, -0.05) is 101 Å². The van der Waals surface area contributed by atoms with Crippen molar-refractivity contribution in [1.29, 1.82) is 0 Å². The van der Waals surface area contributed by atoms with Crippen LogP contribution in [0.2, 0.25) is 0 Å². The Morgan fingerprint density at radius 3 is 1.89 bits per heavy atom. The van der Waals surface area contributed by atoms with Crippen LogP contribution in [-0.4, -0.2) is 10.0 Å². The summed E-state index contributed by atoms with van der Waals surface area (Å²) in [6.45, 7) is 10.9. The number of nitrogens with zero attached hydrogens (tertiary/aromatic N) is 3. The topological polar surface area (TPSA) is 88.1 Å². The maximum Gasteiger partial charge on any atom is 0.297 e. The van der Waals surface area contributed by atoms with Gasteiger partial charge in [0.1, 0.15) is 5.69 Å². The highest BCUT2D eigenvalue weighted by atomic mass is 16.6. The van der Waals surface area contributed by atoms with Gasteiger partial charge >= 0.3 is 0 Å². The molecule has 4 aromatic carbocycles. The molecule has 0 atom stereocenters. The minimum atomic E-state index is -0.459. The summed E-state index contributed by atoms with van der Waals surface area (Å²) in [6, 6.07) is 27.8. The largest absolute Gasteiger partial charge is 0.505 e. The van der Waals surface area contributed by atoms with Crippen LogP contribution in [0, 0.1) is 15.5 Å². The first kappa shape index (κ1) is 26.7. The molecule has 0 heterocycles. The number of hydrogen-bond donors (Lipinski definition) is 1. The molecule has 6 nitrogen and oxygen atoms in total. The fourth-order valence-corrected chi connectivity index (χ4v) is 5.02. The van der Waals surface area contributed by atoms with Gasteiger partial charge in [0.2, 0.25) is 0 Å². The Kier molecular flexibility index (Phi) is 7.44. The lowest BCUT2D eigenvalue weighted by molar-refractivity contribution is -0.384. The summed E-state index contributed by atoms with van der Waals surface area (Å²) in [5, 5.41) is 31.7. The maximum absolute atomic E-state index is 11.9. The Morgan fingerprint density at radius 2 is 1.32 bits per heavy atom. The van der Waals surface area contributed by atoms with Crippen molar-refractivity contribution in [2.45, 2.75) is 46.5 Å². The number of rotatable bonds is 7. The smallest absolute Gasteiger partial charge is 0.297 e. The molecule has 0 spiro atoms. The first-order valence-electron chi connectivity index (χ1n) is 12.6. The monoisotopic (exact) mass is 507 g/mol. The second-order valence-electron chi connectivity index (χ2n) is 11.4. The summed E-state index contributed by atoms with van der Waals surface area (Å²) < 4.78 is 0. The molecule has 0 saturated carbocycles. The lowest BCUT2D eigenvalue weighted by Gasteiger charge is -2.33. The second-order valence-corrected chi connectivity index (χ2v) is 11.4. The molecule has 0 saturated heterocycles. The van der Waals surface area contributed by atoms with Gasteiger partial charge in [0.15, 0.2) is 11.4 Å². The molecule has 4 rings (SSSR count). The minimum absolute atomic E-state index is 0.0150. The van der Waals surface area contributed by atoms with E-state index in [1.165, 1.54) is 6.07 Å². The van der Waals surface area contributed by atoms with Crippen molar-refractivity contribution in [3.05, 3.63) is 107 Å². The summed E-state index contributed by atoms with van der Waals surface area (Å²) >= 11 is 0. The number of phenols is 1. The van der Waals surface area contributed by atoms with Gasteiger partial charge in [0, 0.05) is 11.6 Å². The van der Waals surface area contributed by atoms with Crippen molar-refractivity contribution < 1.29 is 10.0 Å². The number of hydrogen-bond acceptors (Lipinski definition) is 5. The zero-order chi connectivity index (χ0) is 27.5. The molecule has 0 unspecified atom stereocenters. The predicted octanol–water partition coefficient (Wildman–Crippen LogP) is 9.76. The molecule has 4 aromatic rings. The third kappa shape index (κ3) is 6.14. The average Bonchev–Trinajstić information content (AvgIpc) is 2.87. The Balaban J connectivity index is 1.82. The summed E-state index contributed by atoms with van der Waals surface area (Å²) in [5.41, 5.74) is 4.20. The Labute approximate surface area is 223 Å². The molecule has 0 aromatic heterocycles. The Bertz CT molecular complexity index is 1470. The molecule has 6 heteroatoms. The average molecular weight is 508 g/mol. The van der Waals surface area contributed by atoms with Crippen LogP contribution in [0.4, 0.5) is 17.1 Å². The summed E-state index contributed by atoms with van der Waals surface area (Å²) in [7, 11) is 0. The number of benzene rings is 4. The lowest BCUT2D eigenvalue weighted by atomic mass is 9.72. The Hall–Kier alpha value is -4.32. The van der Waals surface area contributed by atoms with Crippen LogP contribution in [0.5, 0.6) is 5.75 Å². The van der Waals surface area contributed by atoms with Crippen LogP contribution in [0.1, 0.15) is 46.6 Å². The van der Waals surface area contributed by atoms with E-state index in [0.717, 1.165) is 28.7 Å². The second kappa shape index (κ2) is 10.6. The van der Waals surface area contributed by atoms with E-state index in [1.807, 2.05) is 72.8 Å². The Morgan fingerprint density at radius 1 is 0.737 bits per heavy atom. The fourth-order valence-electron chi connectivity index (χ4n) is 5.02. The quantitative estimate of drug-likeness (QED) is 0.153. The van der Waals surface area contributed by atoms with Gasteiger partial charge < -0.3 is 5.11 Å². The van der Waals surface area contributed by atoms with Crippen LogP contribution >= 0.6 is 0 Å². The van der Waals surface area contributed by atoms with E-state index < -0.39 is 4.92 Å². The SMILES string of the molecule is CC(C)(C)CC(C)(C)c1cc(/N=N/c2ccc(-c3ccccc3)cc2[N+](=O)[O-])c(O)c(-c2ccccc2)c1. The van der Waals surface area contributed by atoms with Crippen LogP contribution < -0.4 is 0 Å². The van der Waals surface area contributed by atoms with E-state index in [4.69, 9.17) is 0 Å². The van der Waals surface area contributed by atoms with Gasteiger partial charge in [-0.05, 0) is 57.7 Å². The van der Waals surface area contributed by atoms with Crippen molar-refractivity contribution in [2.24, 2.45) is 15.6 Å². The molecule has 0 aliphatic heterocycles. The van der Waals surface area contributed by atoms with E-state index in [-0.39, 0.29) is 33.6 Å². The first-order chi connectivity index (χ1) is 17.9. The molecule has 0 bridgehead atoms. The number of aromatic hydroxyl groups is 1. The van der Waals surface area contributed by atoms with E-state index in [9.17, 15) is 15.2 Å². The number of azo groups is 1. The molecular weight excluding hydrogens is 474 g/mol. The number of nitro benzene ring substituents is 1. The van der Waals surface area contributed by atoms with Gasteiger partial charge in [-0.15, -0.1) is 10.2 Å². The minimum Gasteiger partial charge on any atom is -0.505 e. The van der Waals surface area contributed by atoms with Gasteiger partial charge in [0.25, 0.3) is 5.69 Å². The van der Waals surface area contributed by atoms with E-state index in [0.29, 0.717) is 5.56 Å². The summed E-state index contributed by atoms with van der Waals surface area (Å²) in [5.74, 6) is -0.0150. The van der Waals surface area contributed by atoms with E-state index in [2.05, 4.69) is 44.8 Å². The molecule has 0 fully saturated rings. The molecule has 0 aliphatic carbocycles. The highest BCUT2D eigenvalue weighted by molar-refractivity contribution is 5.78. The third-order valence-electron chi connectivity index (χ3n) is 6.47. The lowest BCUT2D eigenvalue weighted by Crippen LogP contribution is -2.24. The molecule has 1 N–H and O–H groups in total. The van der Waals surface area contributed by atoms with Crippen molar-refractivity contribution >= 4 is 17.1 Å². The maximum atomic E-state index is 11.9. The van der Waals surface area contributed by atoms with Gasteiger partial charge in [0.05, 0.1) is 4.92 Å². The van der Waals surface area contributed by atoms with Crippen molar-refractivity contribution in [2.75, 3.05) is 0 Å². The first-order valence-corrected chi connectivity index (χ1v) is 12.6. The summed E-state index contributed by atoms with van der Waals surface area (Å²) in [4.78, 5) is 11.4. The van der Waals surface area contributed by atoms with Crippen LogP contribution in [-0.2, 0) is 5.41 Å². The van der Waals surface area contributed by atoms with E-state index >= 15 is 0 Å². The van der Waals surface area contributed by atoms with Crippen LogP contribution in [0.15, 0.2) is 101 Å². The highest BCUT2D eigenvalue weighted by Gasteiger charge is 2.29. The molecular formula is C32H33N3O3. The molecule has 0 radical (unpaired) electrons. The van der Waals surface area contributed by atoms with Crippen LogP contribution in [0.25, 0.3) is 22.3 Å². The standard InChI is InChI=1S/C32H33N3O3/c1-31(2,3)21-32(4,5)25-19-26(23-14-10-7-11-15-23)30(36)28(20-25)34-33-27-17-16-24(18-29(27)35(37)38)22-12-8-6-9-13-22/h6-20,36H,21H2,1-5H3/b34-33+. The predicted molar refractivity (Wildman–Crippen MR) is 153 cm³/mol. The third-order valence-corrected chi connectivity index (χ3v) is 6.47. The molecule has 194 valence electrons. The van der Waals surface area contributed by atoms with Crippen LogP contribution in [0.3, 0.4) is 0 Å². The van der Waals surface area contributed by atoms with Crippen molar-refractivity contribution in [3.8, 4) is 28.0 Å². The number of nitro groups is 1. The zero-order valence-corrected chi connectivity index (χ0v) is 22.5. The van der Waals surface area contributed by atoms with Crippen molar-refractivity contribution in [1.82, 2.24) is 0 Å². The normalized spacial score (nSPS) is 12.1. The van der Waals surface area contributed by atoms with Crippen molar-refractivity contribution in [3.63, 3.8) is 0 Å².